The predicted octanol–water partition coefficient (Wildman–Crippen LogP) is 2.78. The Morgan fingerprint density at radius 3 is 2.72 bits per heavy atom. The SMILES string of the molecule is CC1(C)CC(=O)C2C(C1)OC(N)=C(C#N)C2c1ccccc1[N+](=O)[O-]. The van der Waals surface area contributed by atoms with Crippen LogP contribution in [0.2, 0.25) is 0 Å². The highest BCUT2D eigenvalue weighted by Gasteiger charge is 2.51. The van der Waals surface area contributed by atoms with Crippen LogP contribution in [0.15, 0.2) is 35.7 Å². The van der Waals surface area contributed by atoms with E-state index in [1.165, 1.54) is 6.07 Å². The Bertz CT molecular complexity index is 822. The summed E-state index contributed by atoms with van der Waals surface area (Å²) in [7, 11) is 0. The van der Waals surface area contributed by atoms with Gasteiger partial charge in [0.25, 0.3) is 5.69 Å². The third-order valence-electron chi connectivity index (χ3n) is 4.98. The number of nitrogens with zero attached hydrogens (tertiary/aromatic N) is 2. The molecule has 25 heavy (non-hydrogen) atoms. The number of nitrogens with two attached hydrogens (primary N) is 1. The number of carbonyl (C=O) groups is 1. The molecule has 1 aliphatic carbocycles. The Kier molecular flexibility index (Phi) is 3.99. The number of ketones is 1. The average molecular weight is 341 g/mol. The van der Waals surface area contributed by atoms with Gasteiger partial charge in [0.05, 0.1) is 16.4 Å². The second-order valence-corrected chi connectivity index (χ2v) is 7.38. The number of carbonyl (C=O) groups excluding carboxylic acids is 1. The first kappa shape index (κ1) is 17.0. The van der Waals surface area contributed by atoms with Crippen LogP contribution >= 0.6 is 0 Å². The Morgan fingerprint density at radius 1 is 1.40 bits per heavy atom. The Balaban J connectivity index is 2.19. The van der Waals surface area contributed by atoms with Gasteiger partial charge in [0.15, 0.2) is 5.88 Å². The van der Waals surface area contributed by atoms with E-state index in [2.05, 4.69) is 0 Å². The molecule has 0 radical (unpaired) electrons. The van der Waals surface area contributed by atoms with Crippen LogP contribution in [0.1, 0.15) is 38.2 Å². The molecule has 2 N–H and O–H groups in total. The summed E-state index contributed by atoms with van der Waals surface area (Å²) in [6.45, 7) is 3.95. The van der Waals surface area contributed by atoms with Gasteiger partial charge in [0, 0.05) is 24.0 Å². The zero-order chi connectivity index (χ0) is 18.4. The van der Waals surface area contributed by atoms with Crippen LogP contribution in [-0.2, 0) is 9.53 Å². The molecule has 7 nitrogen and oxygen atoms in total. The lowest BCUT2D eigenvalue weighted by Crippen LogP contribution is -2.48. The van der Waals surface area contributed by atoms with Gasteiger partial charge in [-0.25, -0.2) is 0 Å². The summed E-state index contributed by atoms with van der Waals surface area (Å²) in [6.07, 6.45) is 0.450. The van der Waals surface area contributed by atoms with Gasteiger partial charge in [-0.15, -0.1) is 0 Å². The molecule has 3 unspecified atom stereocenters. The number of hydrogen-bond acceptors (Lipinski definition) is 6. The minimum Gasteiger partial charge on any atom is -0.474 e. The molecule has 0 bridgehead atoms. The fourth-order valence-electron chi connectivity index (χ4n) is 4.01. The quantitative estimate of drug-likeness (QED) is 0.652. The lowest BCUT2D eigenvalue weighted by Gasteiger charge is -2.45. The molecule has 0 spiro atoms. The van der Waals surface area contributed by atoms with Crippen LogP contribution < -0.4 is 5.73 Å². The highest BCUT2D eigenvalue weighted by atomic mass is 16.6. The van der Waals surface area contributed by atoms with Gasteiger partial charge in [-0.3, -0.25) is 14.9 Å². The van der Waals surface area contributed by atoms with E-state index in [0.717, 1.165) is 0 Å². The summed E-state index contributed by atoms with van der Waals surface area (Å²) in [5.74, 6) is -1.49. The van der Waals surface area contributed by atoms with Gasteiger partial charge in [-0.05, 0) is 11.8 Å². The first-order valence-electron chi connectivity index (χ1n) is 8.07. The molecule has 130 valence electrons. The summed E-state index contributed by atoms with van der Waals surface area (Å²) in [5.41, 5.74) is 6.00. The van der Waals surface area contributed by atoms with Crippen molar-refractivity contribution in [1.82, 2.24) is 0 Å². The Hall–Kier alpha value is -2.88. The average Bonchev–Trinajstić information content (AvgIpc) is 2.52. The number of para-hydroxylation sites is 1. The van der Waals surface area contributed by atoms with Crippen molar-refractivity contribution < 1.29 is 14.5 Å². The van der Waals surface area contributed by atoms with E-state index in [1.807, 2.05) is 19.9 Å². The van der Waals surface area contributed by atoms with E-state index in [-0.39, 0.29) is 28.3 Å². The van der Waals surface area contributed by atoms with E-state index < -0.39 is 22.9 Å². The molecule has 1 aromatic carbocycles. The maximum atomic E-state index is 12.9. The van der Waals surface area contributed by atoms with Gasteiger partial charge < -0.3 is 10.5 Å². The molecule has 1 aromatic rings. The molecular formula is C18H19N3O4. The van der Waals surface area contributed by atoms with E-state index in [9.17, 15) is 20.2 Å². The summed E-state index contributed by atoms with van der Waals surface area (Å²) in [4.78, 5) is 23.8. The van der Waals surface area contributed by atoms with E-state index in [4.69, 9.17) is 10.5 Å². The molecule has 2 aliphatic rings. The molecule has 1 heterocycles. The van der Waals surface area contributed by atoms with Crippen molar-refractivity contribution in [3.05, 3.63) is 51.4 Å². The van der Waals surface area contributed by atoms with Gasteiger partial charge in [0.2, 0.25) is 0 Å². The molecule has 0 saturated heterocycles. The lowest BCUT2D eigenvalue weighted by atomic mass is 9.63. The van der Waals surface area contributed by atoms with Crippen LogP contribution in [0.5, 0.6) is 0 Å². The van der Waals surface area contributed by atoms with Crippen LogP contribution in [0.4, 0.5) is 5.69 Å². The third-order valence-corrected chi connectivity index (χ3v) is 4.98. The maximum absolute atomic E-state index is 12.9. The van der Waals surface area contributed by atoms with Crippen molar-refractivity contribution in [2.45, 2.75) is 38.7 Å². The summed E-state index contributed by atoms with van der Waals surface area (Å²) >= 11 is 0. The number of Topliss-reactive ketones (excluding diaryl/α,β-unsaturated/α-hetero) is 1. The number of nitro benzene ring substituents is 1. The van der Waals surface area contributed by atoms with Gasteiger partial charge in [-0.1, -0.05) is 32.0 Å². The normalized spacial score (nSPS) is 27.9. The number of rotatable bonds is 2. The van der Waals surface area contributed by atoms with Crippen molar-refractivity contribution in [3.8, 4) is 6.07 Å². The molecule has 0 amide bonds. The maximum Gasteiger partial charge on any atom is 0.273 e. The number of ether oxygens (including phenoxy) is 1. The third kappa shape index (κ3) is 2.84. The monoisotopic (exact) mass is 341 g/mol. The molecular weight excluding hydrogens is 322 g/mol. The summed E-state index contributed by atoms with van der Waals surface area (Å²) < 4.78 is 5.70. The number of nitro groups is 1. The molecule has 3 atom stereocenters. The predicted molar refractivity (Wildman–Crippen MR) is 89.0 cm³/mol. The second-order valence-electron chi connectivity index (χ2n) is 7.38. The molecule has 3 rings (SSSR count). The number of benzene rings is 1. The van der Waals surface area contributed by atoms with Crippen molar-refractivity contribution in [3.63, 3.8) is 0 Å². The molecule has 0 aromatic heterocycles. The van der Waals surface area contributed by atoms with Crippen molar-refractivity contribution >= 4 is 11.5 Å². The molecule has 7 heteroatoms. The fourth-order valence-corrected chi connectivity index (χ4v) is 4.01. The fraction of sp³-hybridized carbons (Fsp3) is 0.444. The summed E-state index contributed by atoms with van der Waals surface area (Å²) in [5, 5.41) is 21.0. The second kappa shape index (κ2) is 5.88. The topological polar surface area (TPSA) is 119 Å². The standard InChI is InChI=1S/C18H19N3O4/c1-18(2)7-13(22)16-14(8-18)25-17(20)11(9-19)15(16)10-5-3-4-6-12(10)21(23)24/h3-6,14-16H,7-8,20H2,1-2H3. The van der Waals surface area contributed by atoms with Crippen molar-refractivity contribution in [1.29, 1.82) is 5.26 Å². The van der Waals surface area contributed by atoms with Crippen LogP contribution in [0.25, 0.3) is 0 Å². The first-order chi connectivity index (χ1) is 11.7. The van der Waals surface area contributed by atoms with Crippen molar-refractivity contribution in [2.75, 3.05) is 0 Å². The number of fused-ring (bicyclic) bond motifs is 1. The minimum absolute atomic E-state index is 0.0441. The minimum atomic E-state index is -0.756. The lowest BCUT2D eigenvalue weighted by molar-refractivity contribution is -0.385. The highest BCUT2D eigenvalue weighted by Crippen LogP contribution is 2.50. The molecule has 1 saturated carbocycles. The van der Waals surface area contributed by atoms with Gasteiger partial charge in [0.1, 0.15) is 18.0 Å². The van der Waals surface area contributed by atoms with Crippen LogP contribution in [0.3, 0.4) is 0 Å². The number of allylic oxidation sites excluding steroid dienone is 1. The Morgan fingerprint density at radius 2 is 2.08 bits per heavy atom. The zero-order valence-electron chi connectivity index (χ0n) is 14.1. The molecule has 1 fully saturated rings. The number of hydrogen-bond donors (Lipinski definition) is 1. The zero-order valence-corrected chi connectivity index (χ0v) is 14.1. The van der Waals surface area contributed by atoms with E-state index in [1.54, 1.807) is 18.2 Å². The largest absolute Gasteiger partial charge is 0.474 e. The van der Waals surface area contributed by atoms with E-state index in [0.29, 0.717) is 18.4 Å². The highest BCUT2D eigenvalue weighted by molar-refractivity contribution is 5.85. The smallest absolute Gasteiger partial charge is 0.273 e. The van der Waals surface area contributed by atoms with Crippen LogP contribution in [-0.4, -0.2) is 16.8 Å². The van der Waals surface area contributed by atoms with E-state index >= 15 is 0 Å². The van der Waals surface area contributed by atoms with Gasteiger partial charge in [-0.2, -0.15) is 5.26 Å². The Labute approximate surface area is 145 Å². The summed E-state index contributed by atoms with van der Waals surface area (Å²) in [6, 6.07) is 8.18. The first-order valence-corrected chi connectivity index (χ1v) is 8.07. The van der Waals surface area contributed by atoms with Crippen LogP contribution in [0, 0.1) is 32.8 Å². The number of nitriles is 1. The molecule has 1 aliphatic heterocycles. The van der Waals surface area contributed by atoms with Gasteiger partial charge >= 0.3 is 0 Å². The van der Waals surface area contributed by atoms with Crippen molar-refractivity contribution in [2.24, 2.45) is 17.1 Å².